The number of nitrogens with zero attached hydrogens (tertiary/aromatic N) is 3. The van der Waals surface area contributed by atoms with Crippen LogP contribution in [0.1, 0.15) is 5.56 Å². The van der Waals surface area contributed by atoms with Gasteiger partial charge in [0.1, 0.15) is 6.61 Å². The maximum atomic E-state index is 6.09. The van der Waals surface area contributed by atoms with E-state index in [1.165, 1.54) is 0 Å². The van der Waals surface area contributed by atoms with Crippen molar-refractivity contribution in [3.8, 4) is 17.1 Å². The number of ether oxygens (including phenoxy) is 1. The Morgan fingerprint density at radius 1 is 0.885 bits per heavy atom. The fourth-order valence-corrected chi connectivity index (χ4v) is 3.39. The molecule has 0 aliphatic heterocycles. The van der Waals surface area contributed by atoms with E-state index in [0.29, 0.717) is 27.6 Å². The molecule has 0 aliphatic rings. The standard InChI is InChI=1S/C19H12Cl3N3O/c20-14-3-1-2-13(8-14)17-10-23-18-4-5-19(24-25(17)18)26-11-12-6-15(21)9-16(22)7-12/h1-10H,11H2. The molecule has 130 valence electrons. The molecule has 0 atom stereocenters. The Bertz CT molecular complexity index is 1070. The zero-order valence-corrected chi connectivity index (χ0v) is 15.6. The van der Waals surface area contributed by atoms with Crippen molar-refractivity contribution in [2.45, 2.75) is 6.61 Å². The molecule has 0 spiro atoms. The summed E-state index contributed by atoms with van der Waals surface area (Å²) in [5.41, 5.74) is 3.35. The quantitative estimate of drug-likeness (QED) is 0.423. The van der Waals surface area contributed by atoms with Crippen molar-refractivity contribution in [2.75, 3.05) is 0 Å². The fourth-order valence-electron chi connectivity index (χ4n) is 2.63. The molecule has 0 N–H and O–H groups in total. The zero-order valence-electron chi connectivity index (χ0n) is 13.4. The zero-order chi connectivity index (χ0) is 18.1. The van der Waals surface area contributed by atoms with Gasteiger partial charge in [-0.1, -0.05) is 46.9 Å². The first-order chi connectivity index (χ1) is 12.6. The van der Waals surface area contributed by atoms with Gasteiger partial charge >= 0.3 is 0 Å². The molecule has 4 aromatic rings. The molecule has 0 saturated heterocycles. The minimum Gasteiger partial charge on any atom is -0.472 e. The van der Waals surface area contributed by atoms with Gasteiger partial charge in [-0.2, -0.15) is 0 Å². The number of fused-ring (bicyclic) bond motifs is 1. The summed E-state index contributed by atoms with van der Waals surface area (Å²) in [4.78, 5) is 4.37. The number of hydrogen-bond acceptors (Lipinski definition) is 3. The van der Waals surface area contributed by atoms with Gasteiger partial charge in [0.15, 0.2) is 5.65 Å². The minimum atomic E-state index is 0.306. The Morgan fingerprint density at radius 3 is 2.46 bits per heavy atom. The molecule has 0 radical (unpaired) electrons. The molecule has 0 aliphatic carbocycles. The van der Waals surface area contributed by atoms with Gasteiger partial charge in [-0.05, 0) is 42.0 Å². The van der Waals surface area contributed by atoms with Gasteiger partial charge in [-0.3, -0.25) is 0 Å². The summed E-state index contributed by atoms with van der Waals surface area (Å²) < 4.78 is 7.52. The first-order valence-electron chi connectivity index (χ1n) is 7.77. The predicted octanol–water partition coefficient (Wildman–Crippen LogP) is 5.94. The van der Waals surface area contributed by atoms with Crippen molar-refractivity contribution >= 4 is 40.4 Å². The molecule has 0 unspecified atom stereocenters. The van der Waals surface area contributed by atoms with Crippen molar-refractivity contribution in [1.82, 2.24) is 14.6 Å². The van der Waals surface area contributed by atoms with Gasteiger partial charge in [0, 0.05) is 26.7 Å². The summed E-state index contributed by atoms with van der Waals surface area (Å²) in [5, 5.41) is 6.31. The van der Waals surface area contributed by atoms with Crippen molar-refractivity contribution in [3.05, 3.63) is 81.4 Å². The van der Waals surface area contributed by atoms with Crippen LogP contribution < -0.4 is 4.74 Å². The van der Waals surface area contributed by atoms with Gasteiger partial charge in [-0.25, -0.2) is 9.50 Å². The van der Waals surface area contributed by atoms with Crippen LogP contribution in [-0.4, -0.2) is 14.6 Å². The molecule has 2 aromatic heterocycles. The Labute approximate surface area is 164 Å². The maximum Gasteiger partial charge on any atom is 0.232 e. The van der Waals surface area contributed by atoms with E-state index in [1.807, 2.05) is 30.3 Å². The van der Waals surface area contributed by atoms with E-state index in [4.69, 9.17) is 39.5 Å². The van der Waals surface area contributed by atoms with Crippen molar-refractivity contribution in [3.63, 3.8) is 0 Å². The Kier molecular flexibility index (Phi) is 4.72. The molecule has 0 amide bonds. The largest absolute Gasteiger partial charge is 0.472 e. The fraction of sp³-hybridized carbons (Fsp3) is 0.0526. The topological polar surface area (TPSA) is 39.4 Å². The summed E-state index contributed by atoms with van der Waals surface area (Å²) in [7, 11) is 0. The van der Waals surface area contributed by atoms with Crippen LogP contribution in [-0.2, 0) is 6.61 Å². The average Bonchev–Trinajstić information content (AvgIpc) is 3.02. The third-order valence-electron chi connectivity index (χ3n) is 3.77. The third-order valence-corrected chi connectivity index (χ3v) is 4.44. The summed E-state index contributed by atoms with van der Waals surface area (Å²) in [5.74, 6) is 0.467. The number of aromatic nitrogens is 3. The van der Waals surface area contributed by atoms with Crippen LogP contribution in [0.25, 0.3) is 16.9 Å². The highest BCUT2D eigenvalue weighted by atomic mass is 35.5. The van der Waals surface area contributed by atoms with Crippen molar-refractivity contribution in [1.29, 1.82) is 0 Å². The van der Waals surface area contributed by atoms with Crippen LogP contribution in [0.15, 0.2) is 60.8 Å². The third kappa shape index (κ3) is 3.63. The van der Waals surface area contributed by atoms with E-state index < -0.39 is 0 Å². The first kappa shape index (κ1) is 17.2. The van der Waals surface area contributed by atoms with E-state index in [1.54, 1.807) is 35.0 Å². The second-order valence-corrected chi connectivity index (χ2v) is 6.97. The van der Waals surface area contributed by atoms with E-state index >= 15 is 0 Å². The van der Waals surface area contributed by atoms with Crippen molar-refractivity contribution < 1.29 is 4.74 Å². The van der Waals surface area contributed by atoms with Gasteiger partial charge in [0.05, 0.1) is 11.9 Å². The summed E-state index contributed by atoms with van der Waals surface area (Å²) >= 11 is 18.1. The monoisotopic (exact) mass is 403 g/mol. The average molecular weight is 405 g/mol. The smallest absolute Gasteiger partial charge is 0.232 e. The van der Waals surface area contributed by atoms with Gasteiger partial charge < -0.3 is 4.74 Å². The van der Waals surface area contributed by atoms with Crippen molar-refractivity contribution in [2.24, 2.45) is 0 Å². The molecular formula is C19H12Cl3N3O. The molecule has 7 heteroatoms. The molecule has 0 bridgehead atoms. The van der Waals surface area contributed by atoms with E-state index in [9.17, 15) is 0 Å². The first-order valence-corrected chi connectivity index (χ1v) is 8.90. The normalized spacial score (nSPS) is 11.0. The number of benzene rings is 2. The minimum absolute atomic E-state index is 0.306. The number of hydrogen-bond donors (Lipinski definition) is 0. The highest BCUT2D eigenvalue weighted by Crippen LogP contribution is 2.24. The molecule has 26 heavy (non-hydrogen) atoms. The summed E-state index contributed by atoms with van der Waals surface area (Å²) in [6.45, 7) is 0.306. The maximum absolute atomic E-state index is 6.09. The van der Waals surface area contributed by atoms with Crippen LogP contribution in [0.2, 0.25) is 15.1 Å². The van der Waals surface area contributed by atoms with Crippen LogP contribution in [0, 0.1) is 0 Å². The Morgan fingerprint density at radius 2 is 1.69 bits per heavy atom. The van der Waals surface area contributed by atoms with E-state index in [-0.39, 0.29) is 0 Å². The predicted molar refractivity (Wildman–Crippen MR) is 104 cm³/mol. The Balaban J connectivity index is 1.63. The van der Waals surface area contributed by atoms with E-state index in [2.05, 4.69) is 10.1 Å². The number of imidazole rings is 1. The number of halogens is 3. The molecule has 2 heterocycles. The van der Waals surface area contributed by atoms with E-state index in [0.717, 1.165) is 22.5 Å². The molecule has 4 nitrogen and oxygen atoms in total. The molecule has 4 rings (SSSR count). The highest BCUT2D eigenvalue weighted by Gasteiger charge is 2.09. The lowest BCUT2D eigenvalue weighted by atomic mass is 10.2. The molecular weight excluding hydrogens is 393 g/mol. The van der Waals surface area contributed by atoms with Gasteiger partial charge in [0.25, 0.3) is 0 Å². The lowest BCUT2D eigenvalue weighted by Crippen LogP contribution is -2.01. The van der Waals surface area contributed by atoms with Crippen LogP contribution in [0.3, 0.4) is 0 Å². The number of rotatable bonds is 4. The summed E-state index contributed by atoms with van der Waals surface area (Å²) in [6.07, 6.45) is 1.76. The Hall–Kier alpha value is -2.27. The second kappa shape index (κ2) is 7.16. The van der Waals surface area contributed by atoms with Crippen LogP contribution in [0.5, 0.6) is 5.88 Å². The van der Waals surface area contributed by atoms with Crippen LogP contribution >= 0.6 is 34.8 Å². The molecule has 0 fully saturated rings. The highest BCUT2D eigenvalue weighted by molar-refractivity contribution is 6.34. The van der Waals surface area contributed by atoms with Crippen LogP contribution in [0.4, 0.5) is 0 Å². The summed E-state index contributed by atoms with van der Waals surface area (Å²) in [6, 6.07) is 16.5. The lowest BCUT2D eigenvalue weighted by molar-refractivity contribution is 0.289. The molecule has 2 aromatic carbocycles. The lowest BCUT2D eigenvalue weighted by Gasteiger charge is -2.08. The van der Waals surface area contributed by atoms with Gasteiger partial charge in [-0.15, -0.1) is 5.10 Å². The second-order valence-electron chi connectivity index (χ2n) is 5.66. The van der Waals surface area contributed by atoms with Gasteiger partial charge in [0.2, 0.25) is 5.88 Å². The molecule has 0 saturated carbocycles. The SMILES string of the molecule is Clc1cc(Cl)cc(COc2ccc3ncc(-c4cccc(Cl)c4)n3n2)c1.